The molecule has 1 fully saturated rings. The van der Waals surface area contributed by atoms with Gasteiger partial charge in [-0.2, -0.15) is 0 Å². The van der Waals surface area contributed by atoms with Crippen molar-refractivity contribution in [1.82, 2.24) is 5.32 Å². The molecule has 6 heteroatoms. The van der Waals surface area contributed by atoms with Crippen LogP contribution in [0.15, 0.2) is 0 Å². The molecule has 0 aromatic carbocycles. The Kier molecular flexibility index (Phi) is 10.3. The van der Waals surface area contributed by atoms with Crippen molar-refractivity contribution in [2.75, 3.05) is 0 Å². The third-order valence-electron chi connectivity index (χ3n) is 4.88. The van der Waals surface area contributed by atoms with Crippen LogP contribution in [0.3, 0.4) is 0 Å². The van der Waals surface area contributed by atoms with Gasteiger partial charge in [-0.05, 0) is 25.2 Å². The standard InChI is InChI=1S/C20H35NO5/c1-5-7-8-9-10-16-18(26-19(16)23)12-15(6-2)25-20(24)17(21-13-22)11-14(3)4/h13-18H,5-12H2,1-4H3,(H,21,22)/t15-,16-,17-,18-/m0/s1. The summed E-state index contributed by atoms with van der Waals surface area (Å²) in [5, 5.41) is 2.54. The Hall–Kier alpha value is -1.59. The minimum absolute atomic E-state index is 0.0702. The Bertz CT molecular complexity index is 451. The lowest BCUT2D eigenvalue weighted by atomic mass is 9.87. The first-order valence-corrected chi connectivity index (χ1v) is 10.0. The van der Waals surface area contributed by atoms with Crippen LogP contribution in [0.2, 0.25) is 0 Å². The van der Waals surface area contributed by atoms with Gasteiger partial charge in [-0.25, -0.2) is 4.79 Å². The first-order chi connectivity index (χ1) is 12.4. The highest BCUT2D eigenvalue weighted by molar-refractivity contribution is 5.79. The highest BCUT2D eigenvalue weighted by Gasteiger charge is 2.43. The second kappa shape index (κ2) is 11.9. The fourth-order valence-electron chi connectivity index (χ4n) is 3.29. The van der Waals surface area contributed by atoms with Crippen molar-refractivity contribution in [3.63, 3.8) is 0 Å². The van der Waals surface area contributed by atoms with E-state index < -0.39 is 12.0 Å². The van der Waals surface area contributed by atoms with E-state index in [1.807, 2.05) is 20.8 Å². The summed E-state index contributed by atoms with van der Waals surface area (Å²) < 4.78 is 10.9. The number of ether oxygens (including phenoxy) is 2. The van der Waals surface area contributed by atoms with Crippen LogP contribution < -0.4 is 5.32 Å². The SMILES string of the molecule is CCCCCC[C@@H]1C(=O)O[C@H]1C[C@H](CC)OC(=O)[C@H](CC(C)C)NC=O. The van der Waals surface area contributed by atoms with E-state index in [-0.39, 0.29) is 30.0 Å². The molecule has 0 radical (unpaired) electrons. The average molecular weight is 370 g/mol. The van der Waals surface area contributed by atoms with E-state index in [1.54, 1.807) is 0 Å². The van der Waals surface area contributed by atoms with Crippen LogP contribution in [0.1, 0.15) is 79.1 Å². The molecule has 0 aliphatic carbocycles. The van der Waals surface area contributed by atoms with Gasteiger partial charge in [-0.15, -0.1) is 0 Å². The van der Waals surface area contributed by atoms with Crippen LogP contribution in [0.25, 0.3) is 0 Å². The molecule has 1 amide bonds. The number of amides is 1. The number of hydrogen-bond donors (Lipinski definition) is 1. The quantitative estimate of drug-likeness (QED) is 0.288. The van der Waals surface area contributed by atoms with Crippen LogP contribution in [0.5, 0.6) is 0 Å². The summed E-state index contributed by atoms with van der Waals surface area (Å²) in [6.45, 7) is 8.08. The molecule has 4 atom stereocenters. The van der Waals surface area contributed by atoms with Crippen molar-refractivity contribution >= 4 is 18.3 Å². The molecule has 1 aliphatic rings. The van der Waals surface area contributed by atoms with E-state index in [0.29, 0.717) is 25.7 Å². The molecule has 0 saturated carbocycles. The highest BCUT2D eigenvalue weighted by atomic mass is 16.6. The Morgan fingerprint density at radius 2 is 2.00 bits per heavy atom. The Labute approximate surface area is 157 Å². The average Bonchev–Trinajstić information content (AvgIpc) is 2.59. The molecular formula is C20H35NO5. The van der Waals surface area contributed by atoms with Crippen molar-refractivity contribution < 1.29 is 23.9 Å². The lowest BCUT2D eigenvalue weighted by Gasteiger charge is -2.37. The second-order valence-electron chi connectivity index (χ2n) is 7.60. The van der Waals surface area contributed by atoms with E-state index in [2.05, 4.69) is 12.2 Å². The van der Waals surface area contributed by atoms with E-state index in [4.69, 9.17) is 9.47 Å². The molecule has 1 saturated heterocycles. The van der Waals surface area contributed by atoms with Crippen molar-refractivity contribution in [3.8, 4) is 0 Å². The van der Waals surface area contributed by atoms with E-state index >= 15 is 0 Å². The summed E-state index contributed by atoms with van der Waals surface area (Å²) in [5.74, 6) is -0.352. The molecule has 1 rings (SSSR count). The largest absolute Gasteiger partial charge is 0.461 e. The number of hydrogen-bond acceptors (Lipinski definition) is 5. The highest BCUT2D eigenvalue weighted by Crippen LogP contribution is 2.32. The van der Waals surface area contributed by atoms with E-state index in [9.17, 15) is 14.4 Å². The molecule has 6 nitrogen and oxygen atoms in total. The van der Waals surface area contributed by atoms with Gasteiger partial charge in [-0.3, -0.25) is 9.59 Å². The molecule has 1 heterocycles. The lowest BCUT2D eigenvalue weighted by Crippen LogP contribution is -2.48. The Morgan fingerprint density at radius 3 is 2.54 bits per heavy atom. The zero-order chi connectivity index (χ0) is 19.5. The van der Waals surface area contributed by atoms with Crippen molar-refractivity contribution in [2.24, 2.45) is 11.8 Å². The van der Waals surface area contributed by atoms with Crippen LogP contribution in [0.4, 0.5) is 0 Å². The van der Waals surface area contributed by atoms with E-state index in [0.717, 1.165) is 19.3 Å². The maximum absolute atomic E-state index is 12.4. The third-order valence-corrected chi connectivity index (χ3v) is 4.88. The van der Waals surface area contributed by atoms with Gasteiger partial charge in [0.25, 0.3) is 0 Å². The zero-order valence-corrected chi connectivity index (χ0v) is 16.7. The van der Waals surface area contributed by atoms with Crippen LogP contribution >= 0.6 is 0 Å². The molecule has 0 spiro atoms. The van der Waals surface area contributed by atoms with Crippen LogP contribution in [-0.2, 0) is 23.9 Å². The van der Waals surface area contributed by atoms with Gasteiger partial charge < -0.3 is 14.8 Å². The fourth-order valence-corrected chi connectivity index (χ4v) is 3.29. The number of rotatable bonds is 14. The van der Waals surface area contributed by atoms with Crippen LogP contribution in [-0.4, -0.2) is 36.6 Å². The summed E-state index contributed by atoms with van der Waals surface area (Å²) in [4.78, 5) is 34.8. The summed E-state index contributed by atoms with van der Waals surface area (Å²) in [7, 11) is 0. The monoisotopic (exact) mass is 369 g/mol. The van der Waals surface area contributed by atoms with Gasteiger partial charge in [0.1, 0.15) is 18.2 Å². The summed E-state index contributed by atoms with van der Waals surface area (Å²) in [5.41, 5.74) is 0. The predicted octanol–water partition coefficient (Wildman–Crippen LogP) is 3.37. The van der Waals surface area contributed by atoms with Crippen molar-refractivity contribution in [3.05, 3.63) is 0 Å². The minimum Gasteiger partial charge on any atom is -0.461 e. The molecule has 1 aliphatic heterocycles. The van der Waals surface area contributed by atoms with Gasteiger partial charge in [-0.1, -0.05) is 53.4 Å². The number of cyclic esters (lactones) is 1. The predicted molar refractivity (Wildman–Crippen MR) is 99.4 cm³/mol. The zero-order valence-electron chi connectivity index (χ0n) is 16.7. The number of esters is 2. The van der Waals surface area contributed by atoms with Crippen molar-refractivity contribution in [2.45, 2.75) is 97.3 Å². The molecule has 0 bridgehead atoms. The first kappa shape index (κ1) is 22.5. The third kappa shape index (κ3) is 7.34. The molecular weight excluding hydrogens is 334 g/mol. The number of nitrogens with one attached hydrogen (secondary N) is 1. The second-order valence-corrected chi connectivity index (χ2v) is 7.60. The molecule has 0 aromatic rings. The topological polar surface area (TPSA) is 81.7 Å². The minimum atomic E-state index is -0.629. The Balaban J connectivity index is 2.50. The number of carbonyl (C=O) groups excluding carboxylic acids is 3. The smallest absolute Gasteiger partial charge is 0.328 e. The molecule has 1 N–H and O–H groups in total. The summed E-state index contributed by atoms with van der Waals surface area (Å²) >= 11 is 0. The number of unbranched alkanes of at least 4 members (excludes halogenated alkanes) is 3. The Morgan fingerprint density at radius 1 is 1.27 bits per heavy atom. The molecule has 0 unspecified atom stereocenters. The fraction of sp³-hybridized carbons (Fsp3) is 0.850. The maximum atomic E-state index is 12.4. The normalized spacial score (nSPS) is 21.5. The van der Waals surface area contributed by atoms with Crippen molar-refractivity contribution in [1.29, 1.82) is 0 Å². The molecule has 0 aromatic heterocycles. The van der Waals surface area contributed by atoms with Gasteiger partial charge in [0.2, 0.25) is 6.41 Å². The number of carbonyl (C=O) groups is 3. The molecule has 150 valence electrons. The van der Waals surface area contributed by atoms with Crippen LogP contribution in [0, 0.1) is 11.8 Å². The van der Waals surface area contributed by atoms with Gasteiger partial charge >= 0.3 is 11.9 Å². The summed E-state index contributed by atoms with van der Waals surface area (Å²) in [6, 6.07) is -0.629. The lowest BCUT2D eigenvalue weighted by molar-refractivity contribution is -0.190. The maximum Gasteiger partial charge on any atom is 0.328 e. The molecule has 26 heavy (non-hydrogen) atoms. The first-order valence-electron chi connectivity index (χ1n) is 10.0. The van der Waals surface area contributed by atoms with Gasteiger partial charge in [0, 0.05) is 6.42 Å². The summed E-state index contributed by atoms with van der Waals surface area (Å²) in [6.07, 6.45) is 7.14. The van der Waals surface area contributed by atoms with E-state index in [1.165, 1.54) is 12.8 Å². The van der Waals surface area contributed by atoms with Gasteiger partial charge in [0.05, 0.1) is 5.92 Å². The van der Waals surface area contributed by atoms with Gasteiger partial charge in [0.15, 0.2) is 0 Å².